The summed E-state index contributed by atoms with van der Waals surface area (Å²) in [6, 6.07) is 0. The van der Waals surface area contributed by atoms with Gasteiger partial charge in [-0.25, -0.2) is 0 Å². The smallest absolute Gasteiger partial charge is 0.115 e. The minimum Gasteiger partial charge on any atom is -0.356 e. The van der Waals surface area contributed by atoms with Crippen molar-refractivity contribution in [1.82, 2.24) is 4.98 Å². The van der Waals surface area contributed by atoms with Crippen molar-refractivity contribution >= 4 is 182 Å². The molecule has 0 amide bonds. The number of fused-ring (bicyclic) bond motifs is 3. The normalized spacial score (nSPS) is 11.5. The Hall–Kier alpha value is -1.76. The molecule has 0 fully saturated rings. The molecule has 0 saturated carbocycles. The molecule has 0 aliphatic rings. The summed E-state index contributed by atoms with van der Waals surface area (Å²) in [6.07, 6.45) is 0. The lowest BCUT2D eigenvalue weighted by atomic mass is 9.57. The number of hydrogen-bond donors (Lipinski definition) is 1. The quantitative estimate of drug-likeness (QED) is 0.325. The van der Waals surface area contributed by atoms with Crippen molar-refractivity contribution in [3.63, 3.8) is 0 Å². The Morgan fingerprint density at radius 1 is 0.290 bits per heavy atom. The van der Waals surface area contributed by atoms with E-state index in [-0.39, 0.29) is 76.7 Å². The van der Waals surface area contributed by atoms with Crippen molar-refractivity contribution in [1.29, 1.82) is 0 Å². The molecule has 0 aliphatic carbocycles. The van der Waals surface area contributed by atoms with Gasteiger partial charge in [-0.1, -0.05) is 38.2 Å². The number of H-pyrrole nitrogens is 1. The van der Waals surface area contributed by atoms with Crippen molar-refractivity contribution in [2.75, 3.05) is 0 Å². The summed E-state index contributed by atoms with van der Waals surface area (Å²) in [6.45, 7) is 0. The van der Waals surface area contributed by atoms with Gasteiger partial charge in [0.25, 0.3) is 0 Å². The maximum atomic E-state index is 6.57. The minimum absolute atomic E-state index is 0.0406. The van der Waals surface area contributed by atoms with Crippen molar-refractivity contribution in [3.05, 3.63) is 0 Å². The Kier molecular flexibility index (Phi) is 5.35. The van der Waals surface area contributed by atoms with Crippen LogP contribution in [0.1, 0.15) is 0 Å². The van der Waals surface area contributed by atoms with Crippen molar-refractivity contribution in [2.24, 2.45) is 0 Å². The zero-order valence-corrected chi connectivity index (χ0v) is 16.4. The molecule has 1 N–H and O–H groups in total. The molecule has 1 nitrogen and oxygen atoms in total. The Morgan fingerprint density at radius 2 is 0.581 bits per heavy atom. The molecule has 114 valence electrons. The van der Waals surface area contributed by atoms with E-state index in [2.05, 4.69) is 4.98 Å². The maximum absolute atomic E-state index is 6.57. The van der Waals surface area contributed by atoms with E-state index < -0.39 is 0 Å². The molecule has 31 heavy (non-hydrogen) atoms. The highest BCUT2D eigenvalue weighted by Gasteiger charge is 2.22. The van der Waals surface area contributed by atoms with E-state index in [1.807, 2.05) is 0 Å². The topological polar surface area (TPSA) is 15.8 Å². The van der Waals surface area contributed by atoms with E-state index >= 15 is 0 Å². The predicted octanol–water partition coefficient (Wildman–Crippen LogP) is -9.49. The van der Waals surface area contributed by atoms with Crippen LogP contribution >= 0.6 is 0 Å². The van der Waals surface area contributed by atoms with Gasteiger partial charge in [-0.15, -0.1) is 27.3 Å². The largest absolute Gasteiger partial charge is 0.356 e. The van der Waals surface area contributed by atoms with Gasteiger partial charge in [-0.05, 0) is 21.9 Å². The number of aromatic nitrogens is 1. The van der Waals surface area contributed by atoms with Crippen molar-refractivity contribution in [2.45, 2.75) is 0 Å². The molecule has 4 aromatic rings. The van der Waals surface area contributed by atoms with Crippen molar-refractivity contribution in [3.8, 4) is 11.1 Å². The fourth-order valence-corrected chi connectivity index (χ4v) is 3.93. The Bertz CT molecular complexity index is 1420. The fourth-order valence-electron chi connectivity index (χ4n) is 3.93. The highest BCUT2D eigenvalue weighted by Crippen LogP contribution is 2.21. The first-order valence-electron chi connectivity index (χ1n) is 8.96. The molecule has 1 aromatic heterocycles. The Labute approximate surface area is 197 Å². The van der Waals surface area contributed by atoms with E-state index in [1.165, 1.54) is 0 Å². The molecule has 1 heterocycles. The first kappa shape index (κ1) is 22.4. The van der Waals surface area contributed by atoms with Gasteiger partial charge in [0.2, 0.25) is 0 Å². The van der Waals surface area contributed by atoms with Gasteiger partial charge in [0, 0.05) is 11.0 Å². The first-order chi connectivity index (χ1) is 14.4. The Morgan fingerprint density at radius 3 is 1.10 bits per heavy atom. The average molecular weight is 361 g/mol. The third kappa shape index (κ3) is 2.87. The monoisotopic (exact) mass is 363 g/mol. The molecule has 3 aromatic carbocycles. The zero-order valence-electron chi connectivity index (χ0n) is 16.4. The number of rotatable bonds is 1. The van der Waals surface area contributed by atoms with Gasteiger partial charge in [0.05, 0.1) is 0 Å². The number of aromatic amines is 1. The van der Waals surface area contributed by atoms with E-state index in [0.29, 0.717) is 21.8 Å². The van der Waals surface area contributed by atoms with E-state index in [4.69, 9.17) is 94.2 Å². The van der Waals surface area contributed by atoms with Gasteiger partial charge in [0.15, 0.2) is 0 Å². The Balaban J connectivity index is 2.30. The highest BCUT2D eigenvalue weighted by molar-refractivity contribution is 6.72. The molecule has 4 rings (SSSR count). The molecular formula is C18HB12N. The van der Waals surface area contributed by atoms with Crippen LogP contribution in [0.25, 0.3) is 32.9 Å². The summed E-state index contributed by atoms with van der Waals surface area (Å²) in [5.74, 6) is 0. The number of hydrogen-bond acceptors (Lipinski definition) is 0. The summed E-state index contributed by atoms with van der Waals surface area (Å²) >= 11 is 0. The molecular weight excluding hydrogens is 360 g/mol. The summed E-state index contributed by atoms with van der Waals surface area (Å²) < 4.78 is 0. The fraction of sp³-hybridized carbons (Fsp3) is 0. The SMILES string of the molecule is [B]c1c([B])c([B])c(-c2c([B])c([B])c3[nH]c4c([B])c([B])c([B])c([B])c4c3c2[B])c([B])c1[B]. The van der Waals surface area contributed by atoms with Gasteiger partial charge >= 0.3 is 0 Å². The standard InChI is InChI=1S/C18HB12N/c19-5-1(2-6(20)10(24)13(27)11(25)7(2)21)8(22)15(29)17-3(5)4-9(23)12(26)14(28)16(30)18(4)31-17/h31H. The van der Waals surface area contributed by atoms with Crippen molar-refractivity contribution < 1.29 is 0 Å². The van der Waals surface area contributed by atoms with Crippen LogP contribution in [0.2, 0.25) is 0 Å². The highest BCUT2D eigenvalue weighted by atomic mass is 14.7. The molecule has 0 saturated heterocycles. The van der Waals surface area contributed by atoms with E-state index in [1.54, 1.807) is 0 Å². The number of benzene rings is 3. The van der Waals surface area contributed by atoms with Crippen LogP contribution in [0.15, 0.2) is 0 Å². The van der Waals surface area contributed by atoms with Crippen LogP contribution in [0.3, 0.4) is 0 Å². The number of nitrogens with one attached hydrogen (secondary N) is 1. The molecule has 0 aliphatic heterocycles. The van der Waals surface area contributed by atoms with Crippen LogP contribution in [0.4, 0.5) is 0 Å². The van der Waals surface area contributed by atoms with Gasteiger partial charge in [0.1, 0.15) is 94.2 Å². The van der Waals surface area contributed by atoms with Crippen LogP contribution in [0.5, 0.6) is 0 Å². The lowest BCUT2D eigenvalue weighted by Gasteiger charge is -2.26. The molecule has 0 atom stereocenters. The van der Waals surface area contributed by atoms with Gasteiger partial charge in [-0.3, -0.25) is 0 Å². The lowest BCUT2D eigenvalue weighted by Crippen LogP contribution is -2.56. The second-order valence-electron chi connectivity index (χ2n) is 7.34. The van der Waals surface area contributed by atoms with E-state index in [0.717, 1.165) is 0 Å². The zero-order chi connectivity index (χ0) is 23.1. The maximum Gasteiger partial charge on any atom is 0.115 e. The average Bonchev–Trinajstić information content (AvgIpc) is 3.15. The molecule has 13 heteroatoms. The van der Waals surface area contributed by atoms with Gasteiger partial charge < -0.3 is 4.98 Å². The summed E-state index contributed by atoms with van der Waals surface area (Å²) in [5, 5.41) is 0.846. The third-order valence-electron chi connectivity index (χ3n) is 5.73. The van der Waals surface area contributed by atoms with Crippen LogP contribution < -0.4 is 65.6 Å². The lowest BCUT2D eigenvalue weighted by molar-refractivity contribution is 1.59. The predicted molar refractivity (Wildman–Crippen MR) is 146 cm³/mol. The van der Waals surface area contributed by atoms with Crippen LogP contribution in [-0.2, 0) is 0 Å². The van der Waals surface area contributed by atoms with Crippen LogP contribution in [-0.4, -0.2) is 99.1 Å². The molecule has 0 spiro atoms. The molecule has 0 bridgehead atoms. The second kappa shape index (κ2) is 7.39. The summed E-state index contributed by atoms with van der Waals surface area (Å²) in [7, 11) is 74.1. The molecule has 0 unspecified atom stereocenters. The van der Waals surface area contributed by atoms with E-state index in [9.17, 15) is 0 Å². The third-order valence-corrected chi connectivity index (χ3v) is 5.73. The van der Waals surface area contributed by atoms with Crippen LogP contribution in [0, 0.1) is 0 Å². The van der Waals surface area contributed by atoms with Gasteiger partial charge in [-0.2, -0.15) is 0 Å². The minimum atomic E-state index is 0.0406. The first-order valence-corrected chi connectivity index (χ1v) is 8.96. The summed E-state index contributed by atoms with van der Waals surface area (Å²) in [4.78, 5) is 3.09. The summed E-state index contributed by atoms with van der Waals surface area (Å²) in [5.41, 5.74) is 2.49. The molecule has 24 radical (unpaired) electrons. The second-order valence-corrected chi connectivity index (χ2v) is 7.34.